The number of benzene rings is 2. The van der Waals surface area contributed by atoms with E-state index in [1.807, 2.05) is 25.1 Å². The van der Waals surface area contributed by atoms with Crippen molar-refractivity contribution in [2.24, 2.45) is 0 Å². The first-order valence-corrected chi connectivity index (χ1v) is 8.38. The Bertz CT molecular complexity index is 1010. The summed E-state index contributed by atoms with van der Waals surface area (Å²) in [4.78, 5) is 4.37. The lowest BCUT2D eigenvalue weighted by molar-refractivity contribution is 0.201. The molecule has 136 valence electrons. The predicted molar refractivity (Wildman–Crippen MR) is 103 cm³/mol. The second-order valence-corrected chi connectivity index (χ2v) is 6.02. The zero-order chi connectivity index (χ0) is 19.4. The number of phenolic OH excluding ortho intramolecular Hbond substituents is 1. The first-order valence-electron chi connectivity index (χ1n) is 8.38. The van der Waals surface area contributed by atoms with Crippen LogP contribution in [0, 0.1) is 18.3 Å². The molecule has 1 heterocycles. The molecule has 27 heavy (non-hydrogen) atoms. The molecule has 1 aromatic heterocycles. The molecular weight excluding hydrogens is 342 g/mol. The number of aliphatic hydroxyl groups excluding tert-OH is 1. The van der Waals surface area contributed by atoms with Crippen LogP contribution in [-0.2, 0) is 0 Å². The largest absolute Gasteiger partial charge is 0.508 e. The number of nitrogen functional groups attached to an aromatic ring is 1. The Hall–Kier alpha value is -3.56. The molecule has 3 rings (SSSR count). The maximum atomic E-state index is 9.63. The predicted octanol–water partition coefficient (Wildman–Crippen LogP) is 3.25. The van der Waals surface area contributed by atoms with Crippen LogP contribution in [0.15, 0.2) is 48.5 Å². The molecule has 2 aromatic carbocycles. The molecule has 0 saturated heterocycles. The summed E-state index contributed by atoms with van der Waals surface area (Å²) in [5, 5.41) is 28.0. The number of nitrogens with zero attached hydrogens (tertiary/aromatic N) is 2. The molecule has 6 heteroatoms. The summed E-state index contributed by atoms with van der Waals surface area (Å²) in [7, 11) is 0. The highest BCUT2D eigenvalue weighted by atomic mass is 16.5. The summed E-state index contributed by atoms with van der Waals surface area (Å²) >= 11 is 0. The lowest BCUT2D eigenvalue weighted by atomic mass is 9.97. The molecule has 3 aromatic rings. The van der Waals surface area contributed by atoms with E-state index in [2.05, 4.69) is 11.1 Å². The van der Waals surface area contributed by atoms with Gasteiger partial charge in [0.25, 0.3) is 0 Å². The van der Waals surface area contributed by atoms with E-state index < -0.39 is 0 Å². The Morgan fingerprint density at radius 3 is 2.48 bits per heavy atom. The summed E-state index contributed by atoms with van der Waals surface area (Å²) in [6.45, 7) is 2.03. The summed E-state index contributed by atoms with van der Waals surface area (Å²) in [6.07, 6.45) is 0. The van der Waals surface area contributed by atoms with Gasteiger partial charge in [-0.15, -0.1) is 0 Å². The average molecular weight is 361 g/mol. The van der Waals surface area contributed by atoms with Gasteiger partial charge in [0.05, 0.1) is 12.3 Å². The number of nitriles is 1. The molecule has 0 spiro atoms. The van der Waals surface area contributed by atoms with Crippen LogP contribution in [0.1, 0.15) is 11.1 Å². The van der Waals surface area contributed by atoms with Gasteiger partial charge in [-0.1, -0.05) is 12.1 Å². The van der Waals surface area contributed by atoms with Gasteiger partial charge < -0.3 is 20.7 Å². The molecule has 6 nitrogen and oxygen atoms in total. The molecule has 0 atom stereocenters. The van der Waals surface area contributed by atoms with Crippen LogP contribution < -0.4 is 10.5 Å². The van der Waals surface area contributed by atoms with Crippen molar-refractivity contribution in [2.45, 2.75) is 6.92 Å². The molecule has 0 radical (unpaired) electrons. The van der Waals surface area contributed by atoms with E-state index in [-0.39, 0.29) is 24.8 Å². The van der Waals surface area contributed by atoms with Crippen molar-refractivity contribution in [1.29, 1.82) is 5.26 Å². The molecule has 0 aliphatic carbocycles. The fourth-order valence-corrected chi connectivity index (χ4v) is 2.88. The van der Waals surface area contributed by atoms with Crippen molar-refractivity contribution in [2.75, 3.05) is 18.9 Å². The van der Waals surface area contributed by atoms with Gasteiger partial charge in [-0.3, -0.25) is 0 Å². The lowest BCUT2D eigenvalue weighted by Crippen LogP contribution is -2.02. The molecular formula is C21H19N3O3. The van der Waals surface area contributed by atoms with Crippen LogP contribution in [0.5, 0.6) is 11.5 Å². The van der Waals surface area contributed by atoms with Gasteiger partial charge in [-0.2, -0.15) is 5.26 Å². The van der Waals surface area contributed by atoms with Crippen LogP contribution in [0.2, 0.25) is 0 Å². The van der Waals surface area contributed by atoms with Crippen LogP contribution in [0.3, 0.4) is 0 Å². The third kappa shape index (κ3) is 3.84. The number of aliphatic hydroxyl groups is 1. The molecule has 0 amide bonds. The van der Waals surface area contributed by atoms with Gasteiger partial charge in [0, 0.05) is 11.1 Å². The SMILES string of the molecule is Cc1cc(O)ccc1-c1cc(-c2ccc(OCCO)cc2)c(C#N)c(N)n1. The van der Waals surface area contributed by atoms with Gasteiger partial charge >= 0.3 is 0 Å². The second-order valence-electron chi connectivity index (χ2n) is 6.02. The van der Waals surface area contributed by atoms with Crippen molar-refractivity contribution in [3.05, 3.63) is 59.7 Å². The van der Waals surface area contributed by atoms with Gasteiger partial charge in [-0.25, -0.2) is 4.98 Å². The van der Waals surface area contributed by atoms with E-state index in [1.165, 1.54) is 0 Å². The highest BCUT2D eigenvalue weighted by Crippen LogP contribution is 2.33. The van der Waals surface area contributed by atoms with Crippen LogP contribution in [0.4, 0.5) is 5.82 Å². The van der Waals surface area contributed by atoms with E-state index in [0.29, 0.717) is 22.6 Å². The first kappa shape index (κ1) is 18.2. The van der Waals surface area contributed by atoms with E-state index in [1.54, 1.807) is 30.3 Å². The summed E-state index contributed by atoms with van der Waals surface area (Å²) in [6, 6.07) is 16.2. The quantitative estimate of drug-likeness (QED) is 0.643. The van der Waals surface area contributed by atoms with E-state index >= 15 is 0 Å². The zero-order valence-electron chi connectivity index (χ0n) is 14.8. The molecule has 0 unspecified atom stereocenters. The number of pyridine rings is 1. The first-order chi connectivity index (χ1) is 13.0. The molecule has 0 aliphatic heterocycles. The maximum absolute atomic E-state index is 9.63. The Labute approximate surface area is 157 Å². The number of phenols is 1. The third-order valence-electron chi connectivity index (χ3n) is 4.17. The number of nitrogens with two attached hydrogens (primary N) is 1. The molecule has 0 aliphatic rings. The number of hydrogen-bond donors (Lipinski definition) is 3. The number of rotatable bonds is 5. The minimum Gasteiger partial charge on any atom is -0.508 e. The van der Waals surface area contributed by atoms with Gasteiger partial charge in [0.1, 0.15) is 35.6 Å². The van der Waals surface area contributed by atoms with Crippen LogP contribution in [0.25, 0.3) is 22.4 Å². The Balaban J connectivity index is 2.09. The lowest BCUT2D eigenvalue weighted by Gasteiger charge is -2.12. The Morgan fingerprint density at radius 1 is 1.11 bits per heavy atom. The highest BCUT2D eigenvalue weighted by molar-refractivity contribution is 5.81. The van der Waals surface area contributed by atoms with Crippen molar-refractivity contribution in [3.8, 4) is 40.0 Å². The fraction of sp³-hybridized carbons (Fsp3) is 0.143. The number of aryl methyl sites for hydroxylation is 1. The van der Waals surface area contributed by atoms with Gasteiger partial charge in [-0.05, 0) is 54.4 Å². The van der Waals surface area contributed by atoms with Crippen molar-refractivity contribution >= 4 is 5.82 Å². The topological polar surface area (TPSA) is 112 Å². The summed E-state index contributed by atoms with van der Waals surface area (Å²) in [5.41, 5.74) is 10.1. The molecule has 0 bridgehead atoms. The molecule has 0 fully saturated rings. The van der Waals surface area contributed by atoms with E-state index in [4.69, 9.17) is 15.6 Å². The van der Waals surface area contributed by atoms with Crippen LogP contribution >= 0.6 is 0 Å². The summed E-state index contributed by atoms with van der Waals surface area (Å²) in [5.74, 6) is 0.956. The van der Waals surface area contributed by atoms with Gasteiger partial charge in [0.2, 0.25) is 0 Å². The van der Waals surface area contributed by atoms with Crippen molar-refractivity contribution in [3.63, 3.8) is 0 Å². The fourth-order valence-electron chi connectivity index (χ4n) is 2.88. The highest BCUT2D eigenvalue weighted by Gasteiger charge is 2.15. The normalized spacial score (nSPS) is 10.4. The number of aromatic nitrogens is 1. The minimum atomic E-state index is -0.0590. The zero-order valence-corrected chi connectivity index (χ0v) is 14.8. The Morgan fingerprint density at radius 2 is 1.85 bits per heavy atom. The second kappa shape index (κ2) is 7.77. The maximum Gasteiger partial charge on any atom is 0.142 e. The monoisotopic (exact) mass is 361 g/mol. The number of anilines is 1. The van der Waals surface area contributed by atoms with Gasteiger partial charge in [0.15, 0.2) is 0 Å². The average Bonchev–Trinajstić information content (AvgIpc) is 2.66. The number of hydrogen-bond acceptors (Lipinski definition) is 6. The number of aromatic hydroxyl groups is 1. The number of ether oxygens (including phenoxy) is 1. The van der Waals surface area contributed by atoms with Crippen molar-refractivity contribution in [1.82, 2.24) is 4.98 Å². The smallest absolute Gasteiger partial charge is 0.142 e. The molecule has 4 N–H and O–H groups in total. The Kier molecular flexibility index (Phi) is 5.25. The molecule has 0 saturated carbocycles. The minimum absolute atomic E-state index is 0.0590. The standard InChI is InChI=1S/C21H19N3O3/c1-13-10-15(26)4-7-17(13)20-11-18(19(12-22)21(23)24-20)14-2-5-16(6-3-14)27-9-8-25/h2-7,10-11,25-26H,8-9H2,1H3,(H2,23,24). The summed E-state index contributed by atoms with van der Waals surface area (Å²) < 4.78 is 5.37. The van der Waals surface area contributed by atoms with E-state index in [0.717, 1.165) is 16.7 Å². The van der Waals surface area contributed by atoms with Crippen LogP contribution in [-0.4, -0.2) is 28.4 Å². The van der Waals surface area contributed by atoms with E-state index in [9.17, 15) is 10.4 Å². The third-order valence-corrected chi connectivity index (χ3v) is 4.17. The van der Waals surface area contributed by atoms with Crippen molar-refractivity contribution < 1.29 is 14.9 Å².